The smallest absolute Gasteiger partial charge is 0.308 e. The molecule has 22 heavy (non-hydrogen) atoms. The zero-order valence-electron chi connectivity index (χ0n) is 12.4. The Morgan fingerprint density at radius 2 is 1.91 bits per heavy atom. The molecule has 120 valence electrons. The van der Waals surface area contributed by atoms with E-state index in [2.05, 4.69) is 0 Å². The summed E-state index contributed by atoms with van der Waals surface area (Å²) in [6.07, 6.45) is 0.984. The van der Waals surface area contributed by atoms with Gasteiger partial charge >= 0.3 is 5.97 Å². The van der Waals surface area contributed by atoms with Gasteiger partial charge in [0, 0.05) is 18.7 Å². The van der Waals surface area contributed by atoms with Crippen molar-refractivity contribution in [3.63, 3.8) is 0 Å². The van der Waals surface area contributed by atoms with Gasteiger partial charge in [0.15, 0.2) is 9.84 Å². The number of nitrogens with zero attached hydrogens (tertiary/aromatic N) is 1. The number of aliphatic carboxylic acids is 1. The molecule has 7 heteroatoms. The monoisotopic (exact) mass is 325 g/mol. The Bertz CT molecular complexity index is 666. The summed E-state index contributed by atoms with van der Waals surface area (Å²) in [5, 5.41) is 8.96. The Hall–Kier alpha value is -1.89. The van der Waals surface area contributed by atoms with Gasteiger partial charge in [0.05, 0.1) is 16.6 Å². The molecule has 0 radical (unpaired) electrons. The van der Waals surface area contributed by atoms with E-state index >= 15 is 0 Å². The molecular weight excluding hydrogens is 306 g/mol. The minimum Gasteiger partial charge on any atom is -0.481 e. The van der Waals surface area contributed by atoms with Crippen molar-refractivity contribution in [2.75, 3.05) is 18.8 Å². The van der Waals surface area contributed by atoms with Gasteiger partial charge in [-0.05, 0) is 37.1 Å². The first-order valence-electron chi connectivity index (χ1n) is 7.20. The third-order valence-electron chi connectivity index (χ3n) is 3.76. The van der Waals surface area contributed by atoms with Crippen molar-refractivity contribution in [1.82, 2.24) is 4.90 Å². The highest BCUT2D eigenvalue weighted by molar-refractivity contribution is 7.91. The standard InChI is InChI=1S/C15H19NO5S/c1-2-9-22(20,21)13-5-3-11(4-6-13)14(17)16-8-7-12(10-16)15(18)19/h3-6,12H,2,7-10H2,1H3,(H,18,19)/t12-/m1/s1. The highest BCUT2D eigenvalue weighted by atomic mass is 32.2. The summed E-state index contributed by atoms with van der Waals surface area (Å²) >= 11 is 0. The maximum atomic E-state index is 12.3. The normalized spacial score (nSPS) is 18.4. The van der Waals surface area contributed by atoms with E-state index in [4.69, 9.17) is 5.11 Å². The molecule has 1 fully saturated rings. The highest BCUT2D eigenvalue weighted by Gasteiger charge is 2.31. The molecule has 1 amide bonds. The summed E-state index contributed by atoms with van der Waals surface area (Å²) in [6.45, 7) is 2.40. The summed E-state index contributed by atoms with van der Waals surface area (Å²) in [6, 6.07) is 5.84. The van der Waals surface area contributed by atoms with Crippen molar-refractivity contribution in [2.24, 2.45) is 5.92 Å². The van der Waals surface area contributed by atoms with E-state index < -0.39 is 21.7 Å². The molecule has 0 aromatic heterocycles. The number of carboxylic acids is 1. The van der Waals surface area contributed by atoms with Gasteiger partial charge in [-0.25, -0.2) is 8.42 Å². The fourth-order valence-corrected chi connectivity index (χ4v) is 3.84. The first-order chi connectivity index (χ1) is 10.3. The topological polar surface area (TPSA) is 91.8 Å². The first kappa shape index (κ1) is 16.5. The van der Waals surface area contributed by atoms with Gasteiger partial charge in [0.1, 0.15) is 0 Å². The lowest BCUT2D eigenvalue weighted by molar-refractivity contribution is -0.141. The number of sulfone groups is 1. The largest absolute Gasteiger partial charge is 0.481 e. The molecule has 2 rings (SSSR count). The SMILES string of the molecule is CCCS(=O)(=O)c1ccc(C(=O)N2CC[C@@H](C(=O)O)C2)cc1. The van der Waals surface area contributed by atoms with Gasteiger partial charge in [0.25, 0.3) is 5.91 Å². The number of benzene rings is 1. The lowest BCUT2D eigenvalue weighted by Gasteiger charge is -2.16. The van der Waals surface area contributed by atoms with E-state index in [-0.39, 0.29) is 23.1 Å². The Labute approximate surface area is 129 Å². The van der Waals surface area contributed by atoms with Crippen LogP contribution in [-0.4, -0.2) is 49.1 Å². The van der Waals surface area contributed by atoms with Crippen molar-refractivity contribution in [2.45, 2.75) is 24.7 Å². The first-order valence-corrected chi connectivity index (χ1v) is 8.85. The lowest BCUT2D eigenvalue weighted by atomic mass is 10.1. The molecule has 0 aliphatic carbocycles. The van der Waals surface area contributed by atoms with Crippen LogP contribution >= 0.6 is 0 Å². The fraction of sp³-hybridized carbons (Fsp3) is 0.467. The summed E-state index contributed by atoms with van der Waals surface area (Å²) < 4.78 is 23.9. The predicted octanol–water partition coefficient (Wildman–Crippen LogP) is 1.42. The van der Waals surface area contributed by atoms with Crippen LogP contribution in [0.3, 0.4) is 0 Å². The number of amides is 1. The molecular formula is C15H19NO5S. The minimum absolute atomic E-state index is 0.0761. The molecule has 0 bridgehead atoms. The number of carbonyl (C=O) groups is 2. The number of rotatable bonds is 5. The van der Waals surface area contributed by atoms with E-state index in [1.165, 1.54) is 29.2 Å². The second-order valence-electron chi connectivity index (χ2n) is 5.42. The second-order valence-corrected chi connectivity index (χ2v) is 7.53. The molecule has 0 unspecified atom stereocenters. The summed E-state index contributed by atoms with van der Waals surface area (Å²) in [5.74, 6) is -1.60. The molecule has 1 aliphatic rings. The molecule has 1 atom stereocenters. The number of hydrogen-bond acceptors (Lipinski definition) is 4. The third kappa shape index (κ3) is 3.47. The molecule has 1 aliphatic heterocycles. The van der Waals surface area contributed by atoms with E-state index in [0.717, 1.165) is 0 Å². The van der Waals surface area contributed by atoms with E-state index in [1.807, 2.05) is 0 Å². The van der Waals surface area contributed by atoms with Crippen LogP contribution < -0.4 is 0 Å². The molecule has 1 saturated heterocycles. The Morgan fingerprint density at radius 1 is 1.27 bits per heavy atom. The average Bonchev–Trinajstić information content (AvgIpc) is 2.96. The number of hydrogen-bond donors (Lipinski definition) is 1. The van der Waals surface area contributed by atoms with E-state index in [0.29, 0.717) is 24.9 Å². The van der Waals surface area contributed by atoms with Crippen LogP contribution in [0.2, 0.25) is 0 Å². The van der Waals surface area contributed by atoms with Gasteiger partial charge in [-0.2, -0.15) is 0 Å². The van der Waals surface area contributed by atoms with Crippen LogP contribution in [0, 0.1) is 5.92 Å². The van der Waals surface area contributed by atoms with Crippen molar-refractivity contribution >= 4 is 21.7 Å². The summed E-state index contributed by atoms with van der Waals surface area (Å²) in [5.41, 5.74) is 0.376. The number of likely N-dealkylation sites (tertiary alicyclic amines) is 1. The van der Waals surface area contributed by atoms with Crippen LogP contribution in [0.5, 0.6) is 0 Å². The van der Waals surface area contributed by atoms with Crippen molar-refractivity contribution in [1.29, 1.82) is 0 Å². The summed E-state index contributed by atoms with van der Waals surface area (Å²) in [7, 11) is -3.29. The molecule has 6 nitrogen and oxygen atoms in total. The zero-order chi connectivity index (χ0) is 16.3. The molecule has 1 aromatic carbocycles. The molecule has 0 saturated carbocycles. The number of carboxylic acid groups (broad SMARTS) is 1. The number of carbonyl (C=O) groups excluding carboxylic acids is 1. The quantitative estimate of drug-likeness (QED) is 0.884. The van der Waals surface area contributed by atoms with Crippen LogP contribution in [0.1, 0.15) is 30.1 Å². The van der Waals surface area contributed by atoms with Crippen LogP contribution in [0.25, 0.3) is 0 Å². The van der Waals surface area contributed by atoms with Crippen LogP contribution in [0.15, 0.2) is 29.2 Å². The maximum absolute atomic E-state index is 12.3. The average molecular weight is 325 g/mol. The third-order valence-corrected chi connectivity index (χ3v) is 5.69. The molecule has 1 N–H and O–H groups in total. The highest BCUT2D eigenvalue weighted by Crippen LogP contribution is 2.20. The van der Waals surface area contributed by atoms with E-state index in [1.54, 1.807) is 6.92 Å². The Morgan fingerprint density at radius 3 is 2.41 bits per heavy atom. The van der Waals surface area contributed by atoms with E-state index in [9.17, 15) is 18.0 Å². The van der Waals surface area contributed by atoms with Gasteiger partial charge in [-0.15, -0.1) is 0 Å². The van der Waals surface area contributed by atoms with Crippen LogP contribution in [0.4, 0.5) is 0 Å². The Kier molecular flexibility index (Phi) is 4.85. The van der Waals surface area contributed by atoms with Crippen molar-refractivity contribution < 1.29 is 23.1 Å². The maximum Gasteiger partial charge on any atom is 0.308 e. The van der Waals surface area contributed by atoms with Crippen molar-refractivity contribution in [3.8, 4) is 0 Å². The Balaban J connectivity index is 2.11. The molecule has 0 spiro atoms. The van der Waals surface area contributed by atoms with Gasteiger partial charge in [-0.3, -0.25) is 9.59 Å². The fourth-order valence-electron chi connectivity index (χ4n) is 2.52. The second kappa shape index (κ2) is 6.48. The van der Waals surface area contributed by atoms with Gasteiger partial charge in [0.2, 0.25) is 0 Å². The summed E-state index contributed by atoms with van der Waals surface area (Å²) in [4.78, 5) is 24.9. The molecule has 1 heterocycles. The molecule has 1 aromatic rings. The lowest BCUT2D eigenvalue weighted by Crippen LogP contribution is -2.29. The van der Waals surface area contributed by atoms with Crippen molar-refractivity contribution in [3.05, 3.63) is 29.8 Å². The van der Waals surface area contributed by atoms with Gasteiger partial charge < -0.3 is 10.0 Å². The van der Waals surface area contributed by atoms with Gasteiger partial charge in [-0.1, -0.05) is 6.92 Å². The zero-order valence-corrected chi connectivity index (χ0v) is 13.2. The predicted molar refractivity (Wildman–Crippen MR) is 80.4 cm³/mol. The minimum atomic E-state index is -3.29. The van der Waals surface area contributed by atoms with Crippen LogP contribution in [-0.2, 0) is 14.6 Å².